The fourth-order valence-electron chi connectivity index (χ4n) is 8.77. The number of benzene rings is 6. The van der Waals surface area contributed by atoms with Gasteiger partial charge in [0, 0.05) is 106 Å². The number of pyridine rings is 2. The van der Waals surface area contributed by atoms with E-state index in [1.54, 1.807) is 55.0 Å². The highest BCUT2D eigenvalue weighted by molar-refractivity contribution is 7.93. The van der Waals surface area contributed by atoms with Crippen molar-refractivity contribution < 1.29 is 79.3 Å². The van der Waals surface area contributed by atoms with Crippen LogP contribution in [0.1, 0.15) is 5.56 Å². The van der Waals surface area contributed by atoms with Crippen molar-refractivity contribution in [1.29, 1.82) is 5.26 Å². The van der Waals surface area contributed by atoms with E-state index in [1.807, 2.05) is 16.9 Å². The molecule has 0 aliphatic carbocycles. The molecule has 32 heteroatoms. The Hall–Kier alpha value is -9.54. The number of nitriles is 1. The molecule has 7 heterocycles. The van der Waals surface area contributed by atoms with Gasteiger partial charge in [-0.15, -0.1) is 17.6 Å². The first-order valence-electron chi connectivity index (χ1n) is 23.7. The molecule has 0 unspecified atom stereocenters. The van der Waals surface area contributed by atoms with Crippen LogP contribution < -0.4 is 33.1 Å². The largest absolute Gasteiger partial charge is 0.586 e. The quantitative estimate of drug-likeness (QED) is 0.0550. The molecule has 0 atom stereocenters. The predicted octanol–water partition coefficient (Wildman–Crippen LogP) is 12.9. The van der Waals surface area contributed by atoms with Crippen LogP contribution in [0, 0.1) is 34.6 Å². The van der Waals surface area contributed by atoms with Crippen LogP contribution in [0.2, 0.25) is 10.0 Å². The van der Waals surface area contributed by atoms with Crippen molar-refractivity contribution in [1.82, 2.24) is 24.9 Å². The number of anilines is 3. The standard InChI is InChI=1S/C19H11Cl2F2N3O2S.C18H10F3N3O4S.C16H8F3N3O4S/c20-12-4-3-11-17(9-25-19(11)18(12)10-2-1-5-24-8-10)29(27,28)26-16-7-14(22)13(21)6-15(16)23;19-11-6-13-14(28-18(20,21)27-13)7-12(11)24-29(25,26)15-8-23-17-10(15)4-3-9-2-1-5-22-16(9)17;17-10-4-13-14(26-16(18,19)25-13)5-12(10)22-27(23,24)15-7-21-11-3-8(6-20)1-2-9(11)15/h1-9,25-26H;1-8,22,24H;1-5,7,21-22H. The predicted molar refractivity (Wildman–Crippen MR) is 292 cm³/mol. The van der Waals surface area contributed by atoms with Gasteiger partial charge in [0.1, 0.15) is 26.3 Å². The molecular weight excluding hydrogens is 1240 g/mol. The number of aromatic nitrogens is 5. The van der Waals surface area contributed by atoms with Gasteiger partial charge in [0.15, 0.2) is 34.6 Å². The van der Waals surface area contributed by atoms with Gasteiger partial charge >= 0.3 is 12.6 Å². The van der Waals surface area contributed by atoms with Gasteiger partial charge in [0.25, 0.3) is 30.1 Å². The van der Waals surface area contributed by atoms with Gasteiger partial charge in [-0.3, -0.25) is 24.1 Å². The Morgan fingerprint density at radius 2 is 1.09 bits per heavy atom. The van der Waals surface area contributed by atoms with Gasteiger partial charge in [0.05, 0.1) is 55.3 Å². The molecule has 6 N–H and O–H groups in total. The molecule has 0 amide bonds. The number of nitrogens with one attached hydrogen (secondary N) is 6. The summed E-state index contributed by atoms with van der Waals surface area (Å²) in [6.07, 6.45) is 0.552. The summed E-state index contributed by atoms with van der Waals surface area (Å²) in [4.78, 5) is 16.3. The molecule has 85 heavy (non-hydrogen) atoms. The maximum atomic E-state index is 14.3. The topological polar surface area (TPSA) is 272 Å². The molecule has 434 valence electrons. The Balaban J connectivity index is 0.000000133. The number of hydrogen-bond acceptors (Lipinski definition) is 13. The Labute approximate surface area is 481 Å². The second-order valence-electron chi connectivity index (χ2n) is 17.9. The van der Waals surface area contributed by atoms with E-state index in [4.69, 9.17) is 28.5 Å². The molecule has 2 aliphatic rings. The number of rotatable bonds is 10. The summed E-state index contributed by atoms with van der Waals surface area (Å²) >= 11 is 11.8. The van der Waals surface area contributed by atoms with Crippen LogP contribution in [0.5, 0.6) is 23.0 Å². The lowest BCUT2D eigenvalue weighted by Gasteiger charge is -2.10. The monoisotopic (exact) mass is 1270 g/mol. The molecule has 0 saturated heterocycles. The summed E-state index contributed by atoms with van der Waals surface area (Å²) in [5.74, 6) is -6.23. The number of sulfonamides is 3. The van der Waals surface area contributed by atoms with Crippen LogP contribution in [0.4, 0.5) is 52.2 Å². The average Bonchev–Trinajstić information content (AvgIpc) is 2.90. The third kappa shape index (κ3) is 11.2. The molecule has 19 nitrogen and oxygen atoms in total. The van der Waals surface area contributed by atoms with Crippen LogP contribution in [0.3, 0.4) is 0 Å². The van der Waals surface area contributed by atoms with Crippen LogP contribution in [0.25, 0.3) is 54.7 Å². The van der Waals surface area contributed by atoms with Gasteiger partial charge < -0.3 is 33.9 Å². The summed E-state index contributed by atoms with van der Waals surface area (Å²) in [5, 5.41) is 10.6. The molecule has 0 radical (unpaired) electrons. The van der Waals surface area contributed by atoms with E-state index in [0.717, 1.165) is 23.7 Å². The van der Waals surface area contributed by atoms with Crippen molar-refractivity contribution in [3.05, 3.63) is 179 Å². The smallest absolute Gasteiger partial charge is 0.395 e. The van der Waals surface area contributed by atoms with Crippen LogP contribution >= 0.6 is 23.2 Å². The fourth-order valence-corrected chi connectivity index (χ4v) is 12.9. The molecule has 2 aliphatic heterocycles. The summed E-state index contributed by atoms with van der Waals surface area (Å²) in [5.41, 5.74) is 1.80. The molecular formula is C53H29Cl2F8N9O10S3. The zero-order chi connectivity index (χ0) is 60.5. The number of hydrogen-bond donors (Lipinski definition) is 6. The molecule has 0 fully saturated rings. The van der Waals surface area contributed by atoms with E-state index in [0.29, 0.717) is 78.8 Å². The van der Waals surface area contributed by atoms with E-state index in [2.05, 4.69) is 53.3 Å². The van der Waals surface area contributed by atoms with Gasteiger partial charge in [0.2, 0.25) is 0 Å². The Morgan fingerprint density at radius 1 is 0.541 bits per heavy atom. The lowest BCUT2D eigenvalue weighted by Crippen LogP contribution is -2.26. The van der Waals surface area contributed by atoms with E-state index < -0.39 is 111 Å². The summed E-state index contributed by atoms with van der Waals surface area (Å²) in [6.45, 7) is 0. The van der Waals surface area contributed by atoms with Gasteiger partial charge in [-0.25, -0.2) is 42.8 Å². The lowest BCUT2D eigenvalue weighted by molar-refractivity contribution is -0.287. The summed E-state index contributed by atoms with van der Waals surface area (Å²) in [6, 6.07) is 23.9. The molecule has 6 aromatic carbocycles. The highest BCUT2D eigenvalue weighted by Gasteiger charge is 2.45. The van der Waals surface area contributed by atoms with Crippen molar-refractivity contribution in [3.63, 3.8) is 0 Å². The number of fused-ring (bicyclic) bond motifs is 7. The minimum Gasteiger partial charge on any atom is -0.395 e. The summed E-state index contributed by atoms with van der Waals surface area (Å²) in [7, 11) is -12.8. The first kappa shape index (κ1) is 57.3. The zero-order valence-corrected chi connectivity index (χ0v) is 45.7. The number of nitrogens with zero attached hydrogens (tertiary/aromatic N) is 3. The van der Waals surface area contributed by atoms with E-state index >= 15 is 0 Å². The van der Waals surface area contributed by atoms with Crippen LogP contribution in [0.15, 0.2) is 155 Å². The number of H-pyrrole nitrogens is 3. The highest BCUT2D eigenvalue weighted by atomic mass is 35.5. The molecule has 11 aromatic rings. The van der Waals surface area contributed by atoms with E-state index in [-0.39, 0.29) is 20.1 Å². The molecule has 0 spiro atoms. The van der Waals surface area contributed by atoms with Gasteiger partial charge in [-0.05, 0) is 42.5 Å². The van der Waals surface area contributed by atoms with Crippen LogP contribution in [-0.4, -0.2) is 62.8 Å². The van der Waals surface area contributed by atoms with Crippen molar-refractivity contribution >= 4 is 114 Å². The maximum Gasteiger partial charge on any atom is 0.586 e. The molecule has 0 bridgehead atoms. The first-order chi connectivity index (χ1) is 40.2. The van der Waals surface area contributed by atoms with Crippen LogP contribution in [-0.2, 0) is 30.1 Å². The number of ether oxygens (including phenoxy) is 4. The van der Waals surface area contributed by atoms with Crippen molar-refractivity contribution in [2.24, 2.45) is 0 Å². The second kappa shape index (κ2) is 21.3. The molecule has 5 aromatic heterocycles. The Kier molecular flexibility index (Phi) is 14.3. The minimum atomic E-state index is -4.28. The molecule has 13 rings (SSSR count). The lowest BCUT2D eigenvalue weighted by atomic mass is 10.0. The first-order valence-corrected chi connectivity index (χ1v) is 28.9. The minimum absolute atomic E-state index is 0.149. The average molecular weight is 1270 g/mol. The highest BCUT2D eigenvalue weighted by Crippen LogP contribution is 2.46. The van der Waals surface area contributed by atoms with Gasteiger partial charge in [-0.2, -0.15) is 5.26 Å². The van der Waals surface area contributed by atoms with Gasteiger partial charge in [-0.1, -0.05) is 53.5 Å². The van der Waals surface area contributed by atoms with E-state index in [1.165, 1.54) is 36.7 Å². The Bertz CT molecular complexity index is 4960. The third-order valence-electron chi connectivity index (χ3n) is 12.5. The van der Waals surface area contributed by atoms with Crippen molar-refractivity contribution in [3.8, 4) is 40.2 Å². The SMILES string of the molecule is N#Cc1ccc2c(S(=O)(=O)Nc3cc4c(cc3F)OC(F)(F)O4)c[nH]c2c1.O=S(=O)(Nc1cc(F)c(Cl)cc1F)c1c[nH]c2c(-c3cccnc3)c(Cl)ccc12.O=S(=O)(Nc1cc2c(cc1F)OC(F)(F)O2)c1cnc2c1ccc1ccc[nH]c12. The normalized spacial score (nSPS) is 13.9. The fraction of sp³-hybridized carbons (Fsp3) is 0.0377. The van der Waals surface area contributed by atoms with E-state index in [9.17, 15) is 60.4 Å². The maximum absolute atomic E-state index is 14.3. The van der Waals surface area contributed by atoms with Crippen molar-refractivity contribution in [2.75, 3.05) is 14.2 Å². The number of aromatic amines is 3. The second-order valence-corrected chi connectivity index (χ2v) is 23.7. The zero-order valence-electron chi connectivity index (χ0n) is 41.7. The summed E-state index contributed by atoms with van der Waals surface area (Å²) < 4.78 is 208. The third-order valence-corrected chi connectivity index (χ3v) is 17.3. The number of halogens is 10. The Morgan fingerprint density at radius 3 is 1.71 bits per heavy atom. The molecule has 0 saturated carbocycles. The van der Waals surface area contributed by atoms with Crippen molar-refractivity contribution in [2.45, 2.75) is 27.3 Å². The number of alkyl halides is 4.